The lowest BCUT2D eigenvalue weighted by atomic mass is 10.1. The van der Waals surface area contributed by atoms with Crippen molar-refractivity contribution in [3.05, 3.63) is 36.0 Å². The minimum absolute atomic E-state index is 0.0836. The summed E-state index contributed by atoms with van der Waals surface area (Å²) in [5.74, 6) is -0.270. The largest absolute Gasteiger partial charge is 0.361 e. The second-order valence-electron chi connectivity index (χ2n) is 4.52. The zero-order chi connectivity index (χ0) is 14.5. The Balaban J connectivity index is 2.24. The molecule has 1 aromatic carbocycles. The Kier molecular flexibility index (Phi) is 4.40. The first-order chi connectivity index (χ1) is 9.67. The number of amides is 2. The number of carbonyl (C=O) groups excluding carboxylic acids is 2. The van der Waals surface area contributed by atoms with Crippen molar-refractivity contribution in [1.82, 2.24) is 15.2 Å². The SMILES string of the molecule is CCNC(=O)CN(CC)C(=O)c1cccc2cc[nH]c12. The van der Waals surface area contributed by atoms with Crippen molar-refractivity contribution in [3.63, 3.8) is 0 Å². The summed E-state index contributed by atoms with van der Waals surface area (Å²) in [4.78, 5) is 28.8. The molecule has 0 bridgehead atoms. The van der Waals surface area contributed by atoms with E-state index >= 15 is 0 Å². The van der Waals surface area contributed by atoms with Gasteiger partial charge >= 0.3 is 0 Å². The molecule has 0 radical (unpaired) electrons. The maximum atomic E-state index is 12.6. The first-order valence-corrected chi connectivity index (χ1v) is 6.79. The molecule has 2 rings (SSSR count). The third-order valence-electron chi connectivity index (χ3n) is 3.20. The Morgan fingerprint density at radius 2 is 2.05 bits per heavy atom. The van der Waals surface area contributed by atoms with Crippen LogP contribution in [0.15, 0.2) is 30.5 Å². The number of hydrogen-bond acceptors (Lipinski definition) is 2. The molecule has 2 amide bonds. The highest BCUT2D eigenvalue weighted by Gasteiger charge is 2.19. The molecule has 106 valence electrons. The fourth-order valence-corrected chi connectivity index (χ4v) is 2.19. The lowest BCUT2D eigenvalue weighted by Gasteiger charge is -2.20. The fraction of sp³-hybridized carbons (Fsp3) is 0.333. The number of nitrogens with one attached hydrogen (secondary N) is 2. The quantitative estimate of drug-likeness (QED) is 0.872. The van der Waals surface area contributed by atoms with Crippen LogP contribution >= 0.6 is 0 Å². The predicted molar refractivity (Wildman–Crippen MR) is 78.6 cm³/mol. The number of nitrogens with zero attached hydrogens (tertiary/aromatic N) is 1. The van der Waals surface area contributed by atoms with E-state index in [1.165, 1.54) is 0 Å². The van der Waals surface area contributed by atoms with Gasteiger partial charge in [-0.3, -0.25) is 9.59 Å². The van der Waals surface area contributed by atoms with Gasteiger partial charge in [-0.05, 0) is 26.0 Å². The molecule has 2 aromatic rings. The lowest BCUT2D eigenvalue weighted by molar-refractivity contribution is -0.121. The second kappa shape index (κ2) is 6.23. The first kappa shape index (κ1) is 14.1. The fourth-order valence-electron chi connectivity index (χ4n) is 2.19. The monoisotopic (exact) mass is 273 g/mol. The third-order valence-corrected chi connectivity index (χ3v) is 3.20. The van der Waals surface area contributed by atoms with Gasteiger partial charge in [0.2, 0.25) is 5.91 Å². The van der Waals surface area contributed by atoms with Crippen molar-refractivity contribution >= 4 is 22.7 Å². The summed E-state index contributed by atoms with van der Waals surface area (Å²) >= 11 is 0. The van der Waals surface area contributed by atoms with Crippen molar-refractivity contribution < 1.29 is 9.59 Å². The third kappa shape index (κ3) is 2.82. The zero-order valence-electron chi connectivity index (χ0n) is 11.8. The molecule has 0 aliphatic heterocycles. The van der Waals surface area contributed by atoms with Crippen LogP contribution in [0.2, 0.25) is 0 Å². The topological polar surface area (TPSA) is 65.2 Å². The minimum Gasteiger partial charge on any atom is -0.361 e. The predicted octanol–water partition coefficient (Wildman–Crippen LogP) is 1.77. The van der Waals surface area contributed by atoms with Crippen LogP contribution in [0, 0.1) is 0 Å². The Bertz CT molecular complexity index is 618. The van der Waals surface area contributed by atoms with E-state index in [1.54, 1.807) is 11.0 Å². The van der Waals surface area contributed by atoms with Gasteiger partial charge in [0.15, 0.2) is 0 Å². The number of likely N-dealkylation sites (N-methyl/N-ethyl adjacent to an activating group) is 2. The van der Waals surface area contributed by atoms with Crippen LogP contribution in [0.1, 0.15) is 24.2 Å². The molecular weight excluding hydrogens is 254 g/mol. The molecule has 5 heteroatoms. The van der Waals surface area contributed by atoms with Crippen LogP contribution in [0.3, 0.4) is 0 Å². The molecule has 2 N–H and O–H groups in total. The molecule has 5 nitrogen and oxygen atoms in total. The summed E-state index contributed by atoms with van der Waals surface area (Å²) < 4.78 is 0. The van der Waals surface area contributed by atoms with Crippen LogP contribution in [-0.4, -0.2) is 41.3 Å². The van der Waals surface area contributed by atoms with Gasteiger partial charge in [-0.25, -0.2) is 0 Å². The maximum absolute atomic E-state index is 12.6. The molecule has 0 saturated carbocycles. The molecule has 0 spiro atoms. The van der Waals surface area contributed by atoms with E-state index in [9.17, 15) is 9.59 Å². The summed E-state index contributed by atoms with van der Waals surface area (Å²) in [5, 5.41) is 3.70. The van der Waals surface area contributed by atoms with Gasteiger partial charge in [0, 0.05) is 24.7 Å². The van der Waals surface area contributed by atoms with E-state index < -0.39 is 0 Å². The van der Waals surface area contributed by atoms with Gasteiger partial charge in [0.05, 0.1) is 17.6 Å². The van der Waals surface area contributed by atoms with Crippen molar-refractivity contribution in [1.29, 1.82) is 0 Å². The van der Waals surface area contributed by atoms with Gasteiger partial charge in [-0.15, -0.1) is 0 Å². The highest BCUT2D eigenvalue weighted by atomic mass is 16.2. The summed E-state index contributed by atoms with van der Waals surface area (Å²) in [6.07, 6.45) is 1.81. The van der Waals surface area contributed by atoms with E-state index in [0.29, 0.717) is 18.7 Å². The molecule has 20 heavy (non-hydrogen) atoms. The number of fused-ring (bicyclic) bond motifs is 1. The van der Waals surface area contributed by atoms with Crippen molar-refractivity contribution in [3.8, 4) is 0 Å². The number of H-pyrrole nitrogens is 1. The van der Waals surface area contributed by atoms with Crippen LogP contribution in [0.25, 0.3) is 10.9 Å². The Morgan fingerprint density at radius 3 is 2.75 bits per heavy atom. The molecule has 0 aliphatic rings. The van der Waals surface area contributed by atoms with Crippen LogP contribution in [0.5, 0.6) is 0 Å². The van der Waals surface area contributed by atoms with Crippen molar-refractivity contribution in [2.45, 2.75) is 13.8 Å². The first-order valence-electron chi connectivity index (χ1n) is 6.79. The van der Waals surface area contributed by atoms with Gasteiger partial charge in [0.25, 0.3) is 5.91 Å². The summed E-state index contributed by atoms with van der Waals surface area (Å²) in [6.45, 7) is 4.87. The van der Waals surface area contributed by atoms with Gasteiger partial charge in [-0.1, -0.05) is 12.1 Å². The molecule has 0 aliphatic carbocycles. The highest BCUT2D eigenvalue weighted by molar-refractivity contribution is 6.06. The van der Waals surface area contributed by atoms with Crippen LogP contribution in [-0.2, 0) is 4.79 Å². The van der Waals surface area contributed by atoms with Crippen molar-refractivity contribution in [2.75, 3.05) is 19.6 Å². The summed E-state index contributed by atoms with van der Waals surface area (Å²) in [5.41, 5.74) is 1.41. The summed E-state index contributed by atoms with van der Waals surface area (Å²) in [6, 6.07) is 7.50. The second-order valence-corrected chi connectivity index (χ2v) is 4.52. The molecular formula is C15H19N3O2. The molecule has 0 unspecified atom stereocenters. The lowest BCUT2D eigenvalue weighted by Crippen LogP contribution is -2.40. The number of rotatable bonds is 5. The zero-order valence-corrected chi connectivity index (χ0v) is 11.8. The maximum Gasteiger partial charge on any atom is 0.256 e. The smallest absolute Gasteiger partial charge is 0.256 e. The standard InChI is InChI=1S/C15H19N3O2/c1-3-16-13(19)10-18(4-2)15(20)12-7-5-6-11-8-9-17-14(11)12/h5-9,17H,3-4,10H2,1-2H3,(H,16,19). The molecule has 0 saturated heterocycles. The molecule has 1 heterocycles. The average Bonchev–Trinajstić information content (AvgIpc) is 2.92. The van der Waals surface area contributed by atoms with E-state index in [0.717, 1.165) is 10.9 Å². The van der Waals surface area contributed by atoms with Gasteiger partial charge in [-0.2, -0.15) is 0 Å². The van der Waals surface area contributed by atoms with Crippen LogP contribution < -0.4 is 5.32 Å². The number of aromatic nitrogens is 1. The Morgan fingerprint density at radius 1 is 1.25 bits per heavy atom. The number of carbonyl (C=O) groups is 2. The van der Waals surface area contributed by atoms with E-state index in [2.05, 4.69) is 10.3 Å². The Labute approximate surface area is 118 Å². The number of benzene rings is 1. The normalized spacial score (nSPS) is 10.5. The van der Waals surface area contributed by atoms with E-state index in [1.807, 2.05) is 38.2 Å². The number of para-hydroxylation sites is 1. The van der Waals surface area contributed by atoms with Crippen molar-refractivity contribution in [2.24, 2.45) is 0 Å². The molecule has 0 fully saturated rings. The van der Waals surface area contributed by atoms with Crippen LogP contribution in [0.4, 0.5) is 0 Å². The number of aromatic amines is 1. The van der Waals surface area contributed by atoms with Gasteiger partial charge in [0.1, 0.15) is 0 Å². The van der Waals surface area contributed by atoms with E-state index in [-0.39, 0.29) is 18.4 Å². The average molecular weight is 273 g/mol. The highest BCUT2D eigenvalue weighted by Crippen LogP contribution is 2.18. The molecule has 0 atom stereocenters. The summed E-state index contributed by atoms with van der Waals surface area (Å²) in [7, 11) is 0. The Hall–Kier alpha value is -2.30. The number of hydrogen-bond donors (Lipinski definition) is 2. The minimum atomic E-state index is -0.138. The van der Waals surface area contributed by atoms with E-state index in [4.69, 9.17) is 0 Å². The molecule has 1 aromatic heterocycles. The van der Waals surface area contributed by atoms with Gasteiger partial charge < -0.3 is 15.2 Å².